The van der Waals surface area contributed by atoms with Crippen LogP contribution in [-0.4, -0.2) is 19.1 Å². The molecular weight excluding hydrogens is 250 g/mol. The molecule has 2 aromatic rings. The number of anilines is 1. The molecule has 0 radical (unpaired) electrons. The van der Waals surface area contributed by atoms with Crippen molar-refractivity contribution in [3.05, 3.63) is 60.2 Å². The summed E-state index contributed by atoms with van der Waals surface area (Å²) in [6.45, 7) is 4.61. The quantitative estimate of drug-likeness (QED) is 0.832. The molecule has 0 bridgehead atoms. The number of ether oxygens (including phenoxy) is 1. The molecular formula is C17H19NO2. The number of nitrogens with zero attached hydrogens (tertiary/aromatic N) is 1. The summed E-state index contributed by atoms with van der Waals surface area (Å²) in [5.41, 5.74) is 2.10. The van der Waals surface area contributed by atoms with E-state index in [1.807, 2.05) is 61.5 Å². The lowest BCUT2D eigenvalue weighted by Crippen LogP contribution is -2.32. The predicted molar refractivity (Wildman–Crippen MR) is 81.1 cm³/mol. The minimum absolute atomic E-state index is 0.0173. The van der Waals surface area contributed by atoms with Crippen LogP contribution in [0.1, 0.15) is 12.5 Å². The van der Waals surface area contributed by atoms with E-state index in [1.54, 1.807) is 11.8 Å². The molecule has 2 rings (SSSR count). The fourth-order valence-corrected chi connectivity index (χ4v) is 1.97. The monoisotopic (exact) mass is 269 g/mol. The molecule has 0 saturated carbocycles. The molecule has 0 fully saturated rings. The molecule has 104 valence electrons. The van der Waals surface area contributed by atoms with E-state index < -0.39 is 0 Å². The molecule has 1 amide bonds. The molecule has 20 heavy (non-hydrogen) atoms. The van der Waals surface area contributed by atoms with Crippen molar-refractivity contribution in [2.45, 2.75) is 13.8 Å². The van der Waals surface area contributed by atoms with Gasteiger partial charge in [0.2, 0.25) is 5.91 Å². The zero-order valence-corrected chi connectivity index (χ0v) is 11.9. The van der Waals surface area contributed by atoms with Crippen molar-refractivity contribution in [1.29, 1.82) is 0 Å². The molecule has 0 aromatic heterocycles. The molecule has 0 heterocycles. The summed E-state index contributed by atoms with van der Waals surface area (Å²) in [7, 11) is 0. The van der Waals surface area contributed by atoms with Gasteiger partial charge in [-0.25, -0.2) is 0 Å². The lowest BCUT2D eigenvalue weighted by Gasteiger charge is -2.21. The number of hydrogen-bond acceptors (Lipinski definition) is 2. The van der Waals surface area contributed by atoms with Crippen LogP contribution in [0, 0.1) is 6.92 Å². The van der Waals surface area contributed by atoms with Crippen LogP contribution in [0.15, 0.2) is 54.6 Å². The summed E-state index contributed by atoms with van der Waals surface area (Å²) in [5.74, 6) is 0.843. The van der Waals surface area contributed by atoms with Gasteiger partial charge in [-0.3, -0.25) is 4.79 Å². The average molecular weight is 269 g/mol. The maximum atomic E-state index is 11.7. The third kappa shape index (κ3) is 3.85. The van der Waals surface area contributed by atoms with Gasteiger partial charge in [0.25, 0.3) is 0 Å². The van der Waals surface area contributed by atoms with Gasteiger partial charge in [0, 0.05) is 12.6 Å². The van der Waals surface area contributed by atoms with Crippen molar-refractivity contribution in [2.75, 3.05) is 18.1 Å². The molecule has 2 aromatic carbocycles. The summed E-state index contributed by atoms with van der Waals surface area (Å²) in [5, 5.41) is 0. The van der Waals surface area contributed by atoms with Crippen LogP contribution in [0.4, 0.5) is 5.69 Å². The van der Waals surface area contributed by atoms with Gasteiger partial charge in [-0.1, -0.05) is 35.9 Å². The second kappa shape index (κ2) is 6.75. The van der Waals surface area contributed by atoms with Crippen molar-refractivity contribution in [3.63, 3.8) is 0 Å². The van der Waals surface area contributed by atoms with E-state index in [9.17, 15) is 4.79 Å². The Morgan fingerprint density at radius 2 is 1.70 bits per heavy atom. The molecule has 0 aliphatic carbocycles. The van der Waals surface area contributed by atoms with Crippen LogP contribution in [0.3, 0.4) is 0 Å². The molecule has 3 heteroatoms. The average Bonchev–Trinajstić information content (AvgIpc) is 2.46. The molecule has 0 aliphatic rings. The Kier molecular flexibility index (Phi) is 4.77. The van der Waals surface area contributed by atoms with E-state index in [0.29, 0.717) is 13.2 Å². The van der Waals surface area contributed by atoms with Gasteiger partial charge in [0.1, 0.15) is 12.4 Å². The lowest BCUT2D eigenvalue weighted by atomic mass is 10.2. The second-order valence-electron chi connectivity index (χ2n) is 4.67. The number of amides is 1. The topological polar surface area (TPSA) is 29.5 Å². The number of benzene rings is 2. The Balaban J connectivity index is 1.93. The first-order chi connectivity index (χ1) is 9.66. The first kappa shape index (κ1) is 14.1. The van der Waals surface area contributed by atoms with Crippen molar-refractivity contribution < 1.29 is 9.53 Å². The van der Waals surface area contributed by atoms with E-state index in [2.05, 4.69) is 0 Å². The van der Waals surface area contributed by atoms with Gasteiger partial charge in [0.15, 0.2) is 0 Å². The fraction of sp³-hybridized carbons (Fsp3) is 0.235. The van der Waals surface area contributed by atoms with Crippen LogP contribution >= 0.6 is 0 Å². The highest BCUT2D eigenvalue weighted by molar-refractivity contribution is 5.91. The highest BCUT2D eigenvalue weighted by Gasteiger charge is 2.10. The third-order valence-electron chi connectivity index (χ3n) is 3.05. The highest BCUT2D eigenvalue weighted by Crippen LogP contribution is 2.14. The van der Waals surface area contributed by atoms with Crippen LogP contribution in [0.2, 0.25) is 0 Å². The van der Waals surface area contributed by atoms with E-state index in [1.165, 1.54) is 5.56 Å². The fourth-order valence-electron chi connectivity index (χ4n) is 1.97. The Hall–Kier alpha value is -2.29. The highest BCUT2D eigenvalue weighted by atomic mass is 16.5. The standard InChI is InChI=1S/C17H19NO2/c1-14-8-10-17(11-9-14)20-13-12-18(15(2)19)16-6-4-3-5-7-16/h3-11H,12-13H2,1-2H3. The Labute approximate surface area is 119 Å². The SMILES string of the molecule is CC(=O)N(CCOc1ccc(C)cc1)c1ccccc1. The normalized spacial score (nSPS) is 10.1. The molecule has 0 N–H and O–H groups in total. The third-order valence-corrected chi connectivity index (χ3v) is 3.05. The van der Waals surface area contributed by atoms with Crippen molar-refractivity contribution in [3.8, 4) is 5.75 Å². The van der Waals surface area contributed by atoms with Crippen molar-refractivity contribution in [1.82, 2.24) is 0 Å². The molecule has 0 unspecified atom stereocenters. The number of carbonyl (C=O) groups excluding carboxylic acids is 1. The van der Waals surface area contributed by atoms with Gasteiger partial charge in [-0.05, 0) is 31.2 Å². The van der Waals surface area contributed by atoms with E-state index in [4.69, 9.17) is 4.74 Å². The van der Waals surface area contributed by atoms with Crippen molar-refractivity contribution in [2.24, 2.45) is 0 Å². The second-order valence-corrected chi connectivity index (χ2v) is 4.67. The minimum Gasteiger partial charge on any atom is -0.492 e. The Bertz CT molecular complexity index is 549. The van der Waals surface area contributed by atoms with E-state index >= 15 is 0 Å². The first-order valence-corrected chi connectivity index (χ1v) is 6.69. The van der Waals surface area contributed by atoms with E-state index in [0.717, 1.165) is 11.4 Å². The molecule has 0 saturated heterocycles. The minimum atomic E-state index is 0.0173. The molecule has 0 aliphatic heterocycles. The zero-order valence-electron chi connectivity index (χ0n) is 11.9. The maximum Gasteiger partial charge on any atom is 0.223 e. The summed E-state index contributed by atoms with van der Waals surface area (Å²) in [6.07, 6.45) is 0. The zero-order chi connectivity index (χ0) is 14.4. The van der Waals surface area contributed by atoms with Gasteiger partial charge >= 0.3 is 0 Å². The Morgan fingerprint density at radius 3 is 2.30 bits per heavy atom. The van der Waals surface area contributed by atoms with Crippen LogP contribution in [0.25, 0.3) is 0 Å². The number of carbonyl (C=O) groups is 1. The summed E-state index contributed by atoms with van der Waals surface area (Å²) in [6, 6.07) is 17.5. The molecule has 0 atom stereocenters. The number of hydrogen-bond donors (Lipinski definition) is 0. The largest absolute Gasteiger partial charge is 0.492 e. The van der Waals surface area contributed by atoms with Crippen molar-refractivity contribution >= 4 is 11.6 Å². The van der Waals surface area contributed by atoms with Gasteiger partial charge in [-0.15, -0.1) is 0 Å². The van der Waals surface area contributed by atoms with Crippen LogP contribution in [0.5, 0.6) is 5.75 Å². The summed E-state index contributed by atoms with van der Waals surface area (Å²) in [4.78, 5) is 13.4. The first-order valence-electron chi connectivity index (χ1n) is 6.69. The number of para-hydroxylation sites is 1. The summed E-state index contributed by atoms with van der Waals surface area (Å²) >= 11 is 0. The Morgan fingerprint density at radius 1 is 1.05 bits per heavy atom. The van der Waals surface area contributed by atoms with Gasteiger partial charge in [0.05, 0.1) is 6.54 Å². The van der Waals surface area contributed by atoms with E-state index in [-0.39, 0.29) is 5.91 Å². The molecule has 0 spiro atoms. The van der Waals surface area contributed by atoms with Gasteiger partial charge in [-0.2, -0.15) is 0 Å². The molecule has 3 nitrogen and oxygen atoms in total. The lowest BCUT2D eigenvalue weighted by molar-refractivity contribution is -0.116. The number of rotatable bonds is 5. The van der Waals surface area contributed by atoms with Crippen LogP contribution in [-0.2, 0) is 4.79 Å². The van der Waals surface area contributed by atoms with Crippen LogP contribution < -0.4 is 9.64 Å². The maximum absolute atomic E-state index is 11.7. The number of aryl methyl sites for hydroxylation is 1. The summed E-state index contributed by atoms with van der Waals surface area (Å²) < 4.78 is 5.67. The van der Waals surface area contributed by atoms with Gasteiger partial charge < -0.3 is 9.64 Å². The predicted octanol–water partition coefficient (Wildman–Crippen LogP) is 3.43. The smallest absolute Gasteiger partial charge is 0.223 e.